The van der Waals surface area contributed by atoms with Crippen LogP contribution in [0.1, 0.15) is 5.56 Å². The quantitative estimate of drug-likeness (QED) is 0.417. The first-order valence-electron chi connectivity index (χ1n) is 8.60. The molecule has 0 aliphatic heterocycles. The summed E-state index contributed by atoms with van der Waals surface area (Å²) in [6, 6.07) is 37.4. The van der Waals surface area contributed by atoms with E-state index in [1.165, 1.54) is 27.8 Å². The van der Waals surface area contributed by atoms with Crippen molar-refractivity contribution in [2.24, 2.45) is 0 Å². The maximum Gasteiger partial charge on any atom is 0.0991 e. The Kier molecular flexibility index (Phi) is 4.33. The second kappa shape index (κ2) is 7.09. The summed E-state index contributed by atoms with van der Waals surface area (Å²) in [6.45, 7) is 0. The average molecular weight is 331 g/mol. The molecule has 4 rings (SSSR count). The van der Waals surface area contributed by atoms with Gasteiger partial charge in [0.05, 0.1) is 11.6 Å². The predicted molar refractivity (Wildman–Crippen MR) is 107 cm³/mol. The van der Waals surface area contributed by atoms with Crippen LogP contribution in [0, 0.1) is 11.3 Å². The first-order valence-corrected chi connectivity index (χ1v) is 8.60. The Morgan fingerprint density at radius 1 is 0.462 bits per heavy atom. The van der Waals surface area contributed by atoms with Crippen molar-refractivity contribution in [3.8, 4) is 39.4 Å². The average Bonchev–Trinajstić information content (AvgIpc) is 2.75. The van der Waals surface area contributed by atoms with E-state index < -0.39 is 0 Å². The van der Waals surface area contributed by atoms with Crippen molar-refractivity contribution in [1.29, 1.82) is 5.26 Å². The summed E-state index contributed by atoms with van der Waals surface area (Å²) in [5.41, 5.74) is 7.71. The molecule has 26 heavy (non-hydrogen) atoms. The molecule has 122 valence electrons. The molecular weight excluding hydrogens is 314 g/mol. The zero-order valence-electron chi connectivity index (χ0n) is 14.3. The van der Waals surface area contributed by atoms with Gasteiger partial charge in [0.1, 0.15) is 0 Å². The van der Waals surface area contributed by atoms with Crippen LogP contribution in [0.2, 0.25) is 0 Å². The predicted octanol–water partition coefficient (Wildman–Crippen LogP) is 6.56. The van der Waals surface area contributed by atoms with E-state index in [0.717, 1.165) is 5.56 Å². The van der Waals surface area contributed by atoms with Crippen molar-refractivity contribution in [3.63, 3.8) is 0 Å². The van der Waals surface area contributed by atoms with Crippen molar-refractivity contribution in [3.05, 3.63) is 109 Å². The molecule has 0 unspecified atom stereocenters. The van der Waals surface area contributed by atoms with Crippen LogP contribution < -0.4 is 0 Å². The van der Waals surface area contributed by atoms with Crippen LogP contribution in [0.4, 0.5) is 0 Å². The number of rotatable bonds is 3. The number of hydrogen-bond acceptors (Lipinski definition) is 1. The standard InChI is InChI=1S/C25H17N/c26-18-19-11-13-22(14-12-19)25-17-23(20-7-3-1-4-8-20)15-16-24(25)21-9-5-2-6-10-21/h1-17H. The highest BCUT2D eigenvalue weighted by atomic mass is 14.2. The molecular formula is C25H17N. The molecule has 1 nitrogen and oxygen atoms in total. The van der Waals surface area contributed by atoms with Gasteiger partial charge in [0.25, 0.3) is 0 Å². The summed E-state index contributed by atoms with van der Waals surface area (Å²) in [6.07, 6.45) is 0. The van der Waals surface area contributed by atoms with Gasteiger partial charge in [-0.05, 0) is 51.6 Å². The molecule has 0 radical (unpaired) electrons. The van der Waals surface area contributed by atoms with Crippen LogP contribution in [0.3, 0.4) is 0 Å². The van der Waals surface area contributed by atoms with Crippen LogP contribution in [0.15, 0.2) is 103 Å². The SMILES string of the molecule is N#Cc1ccc(-c2cc(-c3ccccc3)ccc2-c2ccccc2)cc1. The van der Waals surface area contributed by atoms with Crippen molar-refractivity contribution < 1.29 is 0 Å². The molecule has 0 amide bonds. The maximum atomic E-state index is 9.07. The first kappa shape index (κ1) is 15.9. The Balaban J connectivity index is 1.90. The molecule has 1 heteroatoms. The molecule has 0 saturated carbocycles. The fourth-order valence-corrected chi connectivity index (χ4v) is 3.19. The van der Waals surface area contributed by atoms with E-state index in [9.17, 15) is 0 Å². The van der Waals surface area contributed by atoms with E-state index in [2.05, 4.69) is 72.8 Å². The Labute approximate surface area is 153 Å². The molecule has 4 aromatic rings. The molecule has 4 aromatic carbocycles. The monoisotopic (exact) mass is 331 g/mol. The lowest BCUT2D eigenvalue weighted by Gasteiger charge is -2.13. The summed E-state index contributed by atoms with van der Waals surface area (Å²) in [5, 5.41) is 9.07. The lowest BCUT2D eigenvalue weighted by Crippen LogP contribution is -1.88. The fourth-order valence-electron chi connectivity index (χ4n) is 3.19. The third-order valence-electron chi connectivity index (χ3n) is 4.54. The third kappa shape index (κ3) is 3.14. The smallest absolute Gasteiger partial charge is 0.0991 e. The van der Waals surface area contributed by atoms with E-state index in [-0.39, 0.29) is 0 Å². The van der Waals surface area contributed by atoms with E-state index >= 15 is 0 Å². The Morgan fingerprint density at radius 3 is 1.62 bits per heavy atom. The van der Waals surface area contributed by atoms with E-state index in [0.29, 0.717) is 5.56 Å². The van der Waals surface area contributed by atoms with Gasteiger partial charge < -0.3 is 0 Å². The molecule has 0 N–H and O–H groups in total. The van der Waals surface area contributed by atoms with Crippen LogP contribution >= 0.6 is 0 Å². The minimum absolute atomic E-state index is 0.675. The maximum absolute atomic E-state index is 9.07. The molecule has 0 bridgehead atoms. The van der Waals surface area contributed by atoms with Crippen LogP contribution in [-0.4, -0.2) is 0 Å². The van der Waals surface area contributed by atoms with Crippen molar-refractivity contribution in [2.75, 3.05) is 0 Å². The zero-order chi connectivity index (χ0) is 17.8. The van der Waals surface area contributed by atoms with E-state index in [1.807, 2.05) is 36.4 Å². The van der Waals surface area contributed by atoms with Crippen molar-refractivity contribution in [1.82, 2.24) is 0 Å². The van der Waals surface area contributed by atoms with Gasteiger partial charge >= 0.3 is 0 Å². The molecule has 0 heterocycles. The van der Waals surface area contributed by atoms with Gasteiger partial charge in [-0.15, -0.1) is 0 Å². The summed E-state index contributed by atoms with van der Waals surface area (Å²) < 4.78 is 0. The van der Waals surface area contributed by atoms with Crippen LogP contribution in [0.5, 0.6) is 0 Å². The van der Waals surface area contributed by atoms with Crippen LogP contribution in [-0.2, 0) is 0 Å². The van der Waals surface area contributed by atoms with Crippen molar-refractivity contribution in [2.45, 2.75) is 0 Å². The lowest BCUT2D eigenvalue weighted by molar-refractivity contribution is 1.48. The van der Waals surface area contributed by atoms with Gasteiger partial charge in [-0.1, -0.05) is 84.9 Å². The third-order valence-corrected chi connectivity index (χ3v) is 4.54. The number of nitriles is 1. The number of nitrogens with zero attached hydrogens (tertiary/aromatic N) is 1. The Bertz CT molecular complexity index is 1060. The topological polar surface area (TPSA) is 23.8 Å². The lowest BCUT2D eigenvalue weighted by atomic mass is 9.91. The Hall–Kier alpha value is -3.63. The van der Waals surface area contributed by atoms with Gasteiger partial charge in [0.2, 0.25) is 0 Å². The minimum atomic E-state index is 0.675. The summed E-state index contributed by atoms with van der Waals surface area (Å²) in [7, 11) is 0. The molecule has 0 aromatic heterocycles. The molecule has 0 aliphatic rings. The molecule has 0 atom stereocenters. The fraction of sp³-hybridized carbons (Fsp3) is 0. The second-order valence-corrected chi connectivity index (χ2v) is 6.18. The second-order valence-electron chi connectivity index (χ2n) is 6.18. The highest BCUT2D eigenvalue weighted by Crippen LogP contribution is 2.35. The highest BCUT2D eigenvalue weighted by molar-refractivity contribution is 5.87. The molecule has 0 aliphatic carbocycles. The van der Waals surface area contributed by atoms with Gasteiger partial charge in [-0.2, -0.15) is 5.26 Å². The van der Waals surface area contributed by atoms with E-state index in [4.69, 9.17) is 5.26 Å². The first-order chi connectivity index (χ1) is 12.8. The van der Waals surface area contributed by atoms with Crippen molar-refractivity contribution >= 4 is 0 Å². The van der Waals surface area contributed by atoms with E-state index in [1.54, 1.807) is 0 Å². The van der Waals surface area contributed by atoms with Gasteiger partial charge in [-0.3, -0.25) is 0 Å². The Morgan fingerprint density at radius 2 is 1.00 bits per heavy atom. The molecule has 0 saturated heterocycles. The molecule has 0 fully saturated rings. The minimum Gasteiger partial charge on any atom is -0.192 e. The zero-order valence-corrected chi connectivity index (χ0v) is 14.3. The number of hydrogen-bond donors (Lipinski definition) is 0. The summed E-state index contributed by atoms with van der Waals surface area (Å²) in [5.74, 6) is 0. The highest BCUT2D eigenvalue weighted by Gasteiger charge is 2.10. The van der Waals surface area contributed by atoms with Crippen LogP contribution in [0.25, 0.3) is 33.4 Å². The largest absolute Gasteiger partial charge is 0.192 e. The summed E-state index contributed by atoms with van der Waals surface area (Å²) in [4.78, 5) is 0. The number of benzene rings is 4. The molecule has 0 spiro atoms. The van der Waals surface area contributed by atoms with Gasteiger partial charge in [0.15, 0.2) is 0 Å². The van der Waals surface area contributed by atoms with Gasteiger partial charge in [0, 0.05) is 0 Å². The normalized spacial score (nSPS) is 10.3. The van der Waals surface area contributed by atoms with Gasteiger partial charge in [-0.25, -0.2) is 0 Å². The summed E-state index contributed by atoms with van der Waals surface area (Å²) >= 11 is 0.